The fourth-order valence-electron chi connectivity index (χ4n) is 1.33. The molecule has 2 aromatic rings. The summed E-state index contributed by atoms with van der Waals surface area (Å²) in [6.45, 7) is 0. The van der Waals surface area contributed by atoms with E-state index >= 15 is 0 Å². The van der Waals surface area contributed by atoms with E-state index in [1.54, 1.807) is 11.4 Å². The Morgan fingerprint density at radius 1 is 1.50 bits per heavy atom. The maximum atomic E-state index is 12.9. The van der Waals surface area contributed by atoms with Crippen LogP contribution in [-0.4, -0.2) is 10.8 Å². The third-order valence-corrected chi connectivity index (χ3v) is 2.78. The molecule has 1 heterocycles. The maximum absolute atomic E-state index is 12.9. The zero-order chi connectivity index (χ0) is 11.5. The number of nitrogens with zero attached hydrogens (tertiary/aromatic N) is 1. The number of halogens is 1. The zero-order valence-electron chi connectivity index (χ0n) is 8.31. The van der Waals surface area contributed by atoms with Crippen LogP contribution in [0.1, 0.15) is 16.1 Å². The fraction of sp³-hybridized carbons (Fsp3) is 0.0909. The van der Waals surface area contributed by atoms with Crippen molar-refractivity contribution in [2.75, 3.05) is 5.73 Å². The van der Waals surface area contributed by atoms with Crippen LogP contribution >= 0.6 is 11.3 Å². The number of rotatable bonds is 3. The van der Waals surface area contributed by atoms with Crippen molar-refractivity contribution < 1.29 is 9.18 Å². The van der Waals surface area contributed by atoms with E-state index in [2.05, 4.69) is 4.98 Å². The van der Waals surface area contributed by atoms with Gasteiger partial charge < -0.3 is 5.73 Å². The third kappa shape index (κ3) is 2.43. The molecule has 0 aliphatic rings. The molecular weight excluding hydrogens is 227 g/mol. The van der Waals surface area contributed by atoms with Crippen molar-refractivity contribution in [3.63, 3.8) is 0 Å². The highest BCUT2D eigenvalue weighted by molar-refractivity contribution is 7.13. The molecule has 0 atom stereocenters. The van der Waals surface area contributed by atoms with Crippen LogP contribution in [0.2, 0.25) is 0 Å². The Balaban J connectivity index is 2.14. The summed E-state index contributed by atoms with van der Waals surface area (Å²) in [5.41, 5.74) is 6.43. The van der Waals surface area contributed by atoms with Crippen molar-refractivity contribution in [2.45, 2.75) is 6.42 Å². The maximum Gasteiger partial charge on any atom is 0.180 e. The Morgan fingerprint density at radius 3 is 2.94 bits per heavy atom. The second-order valence-electron chi connectivity index (χ2n) is 3.29. The summed E-state index contributed by atoms with van der Waals surface area (Å²) in [6.07, 6.45) is 0.150. The summed E-state index contributed by atoms with van der Waals surface area (Å²) in [7, 11) is 0. The second-order valence-corrected chi connectivity index (χ2v) is 4.18. The molecule has 2 N–H and O–H groups in total. The molecule has 16 heavy (non-hydrogen) atoms. The lowest BCUT2D eigenvalue weighted by molar-refractivity contribution is 0.0991. The lowest BCUT2D eigenvalue weighted by atomic mass is 10.1. The number of carbonyl (C=O) groups is 1. The Morgan fingerprint density at radius 2 is 2.31 bits per heavy atom. The standard InChI is InChI=1S/C11H9FN2OS/c12-8-3-1-2-7(4-8)10(15)5-9-6-16-11(13)14-9/h1-4,6H,5H2,(H2,13,14). The highest BCUT2D eigenvalue weighted by Crippen LogP contribution is 2.14. The lowest BCUT2D eigenvalue weighted by Gasteiger charge is -1.98. The van der Waals surface area contributed by atoms with Gasteiger partial charge in [0.1, 0.15) is 5.82 Å². The number of benzene rings is 1. The summed E-state index contributed by atoms with van der Waals surface area (Å²) >= 11 is 1.29. The molecular formula is C11H9FN2OS. The fourth-order valence-corrected chi connectivity index (χ4v) is 1.90. The molecule has 0 amide bonds. The minimum Gasteiger partial charge on any atom is -0.375 e. The number of hydrogen-bond acceptors (Lipinski definition) is 4. The number of nitrogens with two attached hydrogens (primary N) is 1. The summed E-state index contributed by atoms with van der Waals surface area (Å²) in [5.74, 6) is -0.576. The Kier molecular flexibility index (Phi) is 2.96. The van der Waals surface area contributed by atoms with E-state index < -0.39 is 5.82 Å². The van der Waals surface area contributed by atoms with Crippen molar-refractivity contribution in [3.8, 4) is 0 Å². The van der Waals surface area contributed by atoms with Gasteiger partial charge in [-0.3, -0.25) is 4.79 Å². The molecule has 3 nitrogen and oxygen atoms in total. The average Bonchev–Trinajstić information content (AvgIpc) is 2.64. The molecule has 0 spiro atoms. The number of anilines is 1. The molecule has 0 aliphatic carbocycles. The van der Waals surface area contributed by atoms with Gasteiger partial charge in [-0.25, -0.2) is 9.37 Å². The molecule has 0 radical (unpaired) electrons. The van der Waals surface area contributed by atoms with E-state index in [1.165, 1.54) is 29.5 Å². The van der Waals surface area contributed by atoms with Crippen molar-refractivity contribution in [1.29, 1.82) is 0 Å². The molecule has 0 saturated carbocycles. The van der Waals surface area contributed by atoms with E-state index in [-0.39, 0.29) is 12.2 Å². The van der Waals surface area contributed by atoms with Crippen molar-refractivity contribution in [2.24, 2.45) is 0 Å². The van der Waals surface area contributed by atoms with Gasteiger partial charge in [0, 0.05) is 10.9 Å². The van der Waals surface area contributed by atoms with Crippen LogP contribution in [-0.2, 0) is 6.42 Å². The van der Waals surface area contributed by atoms with Gasteiger partial charge in [0.25, 0.3) is 0 Å². The minimum absolute atomic E-state index is 0.150. The lowest BCUT2D eigenvalue weighted by Crippen LogP contribution is -2.04. The second kappa shape index (κ2) is 4.40. The molecule has 0 aliphatic heterocycles. The molecule has 0 fully saturated rings. The first-order valence-corrected chi connectivity index (χ1v) is 5.52. The smallest absolute Gasteiger partial charge is 0.180 e. The molecule has 5 heteroatoms. The Labute approximate surface area is 95.7 Å². The van der Waals surface area contributed by atoms with Gasteiger partial charge in [0.05, 0.1) is 12.1 Å². The summed E-state index contributed by atoms with van der Waals surface area (Å²) in [4.78, 5) is 15.7. The van der Waals surface area contributed by atoms with Gasteiger partial charge in [0.2, 0.25) is 0 Å². The van der Waals surface area contributed by atoms with Gasteiger partial charge in [-0.2, -0.15) is 0 Å². The van der Waals surface area contributed by atoms with E-state index in [9.17, 15) is 9.18 Å². The number of ketones is 1. The summed E-state index contributed by atoms with van der Waals surface area (Å²) in [5, 5.41) is 2.16. The monoisotopic (exact) mass is 236 g/mol. The van der Waals surface area contributed by atoms with Gasteiger partial charge >= 0.3 is 0 Å². The van der Waals surface area contributed by atoms with Crippen molar-refractivity contribution in [1.82, 2.24) is 4.98 Å². The molecule has 2 rings (SSSR count). The van der Waals surface area contributed by atoms with Crippen LogP contribution in [0, 0.1) is 5.82 Å². The number of aromatic nitrogens is 1. The highest BCUT2D eigenvalue weighted by Gasteiger charge is 2.09. The normalized spacial score (nSPS) is 10.3. The number of Topliss-reactive ketones (excluding diaryl/α,β-unsaturated/α-hetero) is 1. The first kappa shape index (κ1) is 10.8. The van der Waals surface area contributed by atoms with Crippen molar-refractivity contribution >= 4 is 22.3 Å². The minimum atomic E-state index is -0.413. The molecule has 0 saturated heterocycles. The van der Waals surface area contributed by atoms with E-state index in [4.69, 9.17) is 5.73 Å². The highest BCUT2D eigenvalue weighted by atomic mass is 32.1. The summed E-state index contributed by atoms with van der Waals surface area (Å²) < 4.78 is 12.9. The quantitative estimate of drug-likeness (QED) is 0.832. The van der Waals surface area contributed by atoms with Gasteiger partial charge in [-0.05, 0) is 12.1 Å². The SMILES string of the molecule is Nc1nc(CC(=O)c2cccc(F)c2)cs1. The largest absolute Gasteiger partial charge is 0.375 e. The predicted octanol–water partition coefficient (Wildman–Crippen LogP) is 2.29. The average molecular weight is 236 g/mol. The molecule has 82 valence electrons. The van der Waals surface area contributed by atoms with E-state index in [1.807, 2.05) is 0 Å². The van der Waals surface area contributed by atoms with Gasteiger partial charge in [-0.1, -0.05) is 12.1 Å². The molecule has 1 aromatic carbocycles. The molecule has 1 aromatic heterocycles. The first-order chi connectivity index (χ1) is 7.65. The molecule has 0 unspecified atom stereocenters. The van der Waals surface area contributed by atoms with E-state index in [0.29, 0.717) is 16.4 Å². The van der Waals surface area contributed by atoms with E-state index in [0.717, 1.165) is 0 Å². The van der Waals surface area contributed by atoms with Crippen LogP contribution < -0.4 is 5.73 Å². The Hall–Kier alpha value is -1.75. The number of hydrogen-bond donors (Lipinski definition) is 1. The van der Waals surface area contributed by atoms with Crippen LogP contribution in [0.25, 0.3) is 0 Å². The Bertz CT molecular complexity index is 524. The summed E-state index contributed by atoms with van der Waals surface area (Å²) in [6, 6.07) is 5.62. The van der Waals surface area contributed by atoms with Gasteiger partial charge in [0.15, 0.2) is 10.9 Å². The van der Waals surface area contributed by atoms with Crippen LogP contribution in [0.4, 0.5) is 9.52 Å². The van der Waals surface area contributed by atoms with Crippen LogP contribution in [0.15, 0.2) is 29.6 Å². The topological polar surface area (TPSA) is 56.0 Å². The number of nitrogen functional groups attached to an aromatic ring is 1. The van der Waals surface area contributed by atoms with Crippen LogP contribution in [0.5, 0.6) is 0 Å². The zero-order valence-corrected chi connectivity index (χ0v) is 9.13. The predicted molar refractivity (Wildman–Crippen MR) is 61.0 cm³/mol. The first-order valence-electron chi connectivity index (χ1n) is 4.64. The van der Waals surface area contributed by atoms with Gasteiger partial charge in [-0.15, -0.1) is 11.3 Å². The third-order valence-electron chi connectivity index (χ3n) is 2.06. The number of carbonyl (C=O) groups excluding carboxylic acids is 1. The molecule has 0 bridgehead atoms. The number of thiazole rings is 1. The van der Waals surface area contributed by atoms with Crippen LogP contribution in [0.3, 0.4) is 0 Å². The van der Waals surface area contributed by atoms with Crippen molar-refractivity contribution in [3.05, 3.63) is 46.7 Å².